The first-order valence-corrected chi connectivity index (χ1v) is 8.07. The van der Waals surface area contributed by atoms with Gasteiger partial charge < -0.3 is 25.4 Å². The predicted octanol–water partition coefficient (Wildman–Crippen LogP) is 2.23. The van der Waals surface area contributed by atoms with E-state index in [1.165, 1.54) is 0 Å². The first-order valence-electron chi connectivity index (χ1n) is 7.28. The van der Waals surface area contributed by atoms with Crippen molar-refractivity contribution < 1.29 is 19.7 Å². The largest absolute Gasteiger partial charge is 0.504 e. The van der Waals surface area contributed by atoms with E-state index in [2.05, 4.69) is 15.9 Å². The second kappa shape index (κ2) is 6.12. The van der Waals surface area contributed by atoms with Gasteiger partial charge in [0, 0.05) is 31.7 Å². The Morgan fingerprint density at radius 1 is 1.24 bits per heavy atom. The van der Waals surface area contributed by atoms with Crippen molar-refractivity contribution in [2.45, 2.75) is 31.5 Å². The summed E-state index contributed by atoms with van der Waals surface area (Å²) in [7, 11) is 0. The Labute approximate surface area is 132 Å². The smallest absolute Gasteiger partial charge is 0.172 e. The number of halogens is 1. The van der Waals surface area contributed by atoms with Crippen LogP contribution >= 0.6 is 15.9 Å². The Bertz CT molecular complexity index is 531. The topological polar surface area (TPSA) is 84.9 Å². The summed E-state index contributed by atoms with van der Waals surface area (Å²) in [4.78, 5) is 0. The van der Waals surface area contributed by atoms with Gasteiger partial charge in [0.1, 0.15) is 0 Å². The lowest BCUT2D eigenvalue weighted by atomic mass is 9.84. The fourth-order valence-electron chi connectivity index (χ4n) is 3.27. The van der Waals surface area contributed by atoms with E-state index in [1.54, 1.807) is 6.07 Å². The molecule has 0 saturated carbocycles. The maximum Gasteiger partial charge on any atom is 0.172 e. The molecule has 4 N–H and O–H groups in total. The summed E-state index contributed by atoms with van der Waals surface area (Å²) >= 11 is 3.25. The lowest BCUT2D eigenvalue weighted by Gasteiger charge is -2.38. The van der Waals surface area contributed by atoms with Gasteiger partial charge >= 0.3 is 0 Å². The van der Waals surface area contributed by atoms with Crippen molar-refractivity contribution >= 4 is 15.9 Å². The lowest BCUT2D eigenvalue weighted by Crippen LogP contribution is -2.37. The predicted molar refractivity (Wildman–Crippen MR) is 81.4 cm³/mol. The van der Waals surface area contributed by atoms with Crippen molar-refractivity contribution in [2.24, 2.45) is 11.7 Å². The molecule has 2 aliphatic heterocycles. The third-order valence-electron chi connectivity index (χ3n) is 4.46. The highest BCUT2D eigenvalue weighted by atomic mass is 79.9. The first kappa shape index (κ1) is 15.1. The van der Waals surface area contributed by atoms with Crippen LogP contribution in [-0.2, 0) is 15.9 Å². The molecule has 6 heteroatoms. The van der Waals surface area contributed by atoms with E-state index in [0.717, 1.165) is 37.2 Å². The number of fused-ring (bicyclic) bond motifs is 1. The van der Waals surface area contributed by atoms with Crippen molar-refractivity contribution in [2.75, 3.05) is 19.8 Å². The molecule has 1 saturated heterocycles. The molecule has 0 amide bonds. The van der Waals surface area contributed by atoms with Crippen LogP contribution in [0.4, 0.5) is 0 Å². The van der Waals surface area contributed by atoms with Gasteiger partial charge in [-0.25, -0.2) is 0 Å². The Hall–Kier alpha value is -0.820. The molecule has 0 spiro atoms. The van der Waals surface area contributed by atoms with Crippen LogP contribution < -0.4 is 5.73 Å². The van der Waals surface area contributed by atoms with E-state index in [-0.39, 0.29) is 23.7 Å². The number of phenolic OH excluding ortho intramolecular Hbond substituents is 2. The number of phenols is 2. The molecule has 2 atom stereocenters. The molecule has 116 valence electrons. The Balaban J connectivity index is 1.94. The highest BCUT2D eigenvalue weighted by Gasteiger charge is 2.35. The van der Waals surface area contributed by atoms with E-state index in [4.69, 9.17) is 15.2 Å². The van der Waals surface area contributed by atoms with Crippen molar-refractivity contribution in [3.8, 4) is 11.5 Å². The highest BCUT2D eigenvalue weighted by molar-refractivity contribution is 9.10. The molecule has 1 fully saturated rings. The lowest BCUT2D eigenvalue weighted by molar-refractivity contribution is -0.0774. The van der Waals surface area contributed by atoms with E-state index >= 15 is 0 Å². The molecule has 0 bridgehead atoms. The van der Waals surface area contributed by atoms with Crippen LogP contribution in [0.2, 0.25) is 0 Å². The van der Waals surface area contributed by atoms with Gasteiger partial charge in [-0.1, -0.05) is 0 Å². The third-order valence-corrected chi connectivity index (χ3v) is 5.07. The number of nitrogens with two attached hydrogens (primary N) is 1. The SMILES string of the molecule is NCC1OC(C2CCOCC2)Cc2c1cc(Br)c(O)c2O. The van der Waals surface area contributed by atoms with Crippen LogP contribution in [0.15, 0.2) is 10.5 Å². The summed E-state index contributed by atoms with van der Waals surface area (Å²) in [5.74, 6) is 0.237. The summed E-state index contributed by atoms with van der Waals surface area (Å²) in [6.45, 7) is 1.86. The Morgan fingerprint density at radius 3 is 2.62 bits per heavy atom. The molecule has 2 aliphatic rings. The van der Waals surface area contributed by atoms with Crippen molar-refractivity contribution in [1.29, 1.82) is 0 Å². The number of hydrogen-bond acceptors (Lipinski definition) is 5. The monoisotopic (exact) mass is 357 g/mol. The Morgan fingerprint density at radius 2 is 1.95 bits per heavy atom. The number of hydrogen-bond donors (Lipinski definition) is 3. The normalized spacial score (nSPS) is 26.6. The summed E-state index contributed by atoms with van der Waals surface area (Å²) in [5.41, 5.74) is 7.46. The minimum Gasteiger partial charge on any atom is -0.504 e. The molecule has 1 aromatic carbocycles. The van der Waals surface area contributed by atoms with Gasteiger partial charge in [0.05, 0.1) is 16.7 Å². The van der Waals surface area contributed by atoms with Gasteiger partial charge in [-0.05, 0) is 46.3 Å². The maximum absolute atomic E-state index is 10.3. The minimum atomic E-state index is -0.246. The number of aromatic hydroxyl groups is 2. The van der Waals surface area contributed by atoms with E-state index in [0.29, 0.717) is 23.4 Å². The van der Waals surface area contributed by atoms with Gasteiger partial charge in [0.2, 0.25) is 0 Å². The first-order chi connectivity index (χ1) is 10.1. The van der Waals surface area contributed by atoms with E-state index in [9.17, 15) is 10.2 Å². The molecule has 0 aliphatic carbocycles. The van der Waals surface area contributed by atoms with Gasteiger partial charge in [0.15, 0.2) is 11.5 Å². The molecule has 21 heavy (non-hydrogen) atoms. The molecular formula is C15H20BrNO4. The number of rotatable bonds is 2. The standard InChI is InChI=1S/C15H20BrNO4/c16-11-5-9-10(14(18)15(11)19)6-12(21-13(9)7-17)8-1-3-20-4-2-8/h5,8,12-13,18-19H,1-4,6-7,17H2. The summed E-state index contributed by atoms with van der Waals surface area (Å²) in [6, 6.07) is 1.79. The second-order valence-electron chi connectivity index (χ2n) is 5.68. The maximum atomic E-state index is 10.3. The van der Waals surface area contributed by atoms with Gasteiger partial charge in [-0.2, -0.15) is 0 Å². The zero-order chi connectivity index (χ0) is 15.0. The van der Waals surface area contributed by atoms with Gasteiger partial charge in [0.25, 0.3) is 0 Å². The van der Waals surface area contributed by atoms with Crippen LogP contribution in [0.3, 0.4) is 0 Å². The van der Waals surface area contributed by atoms with Crippen molar-refractivity contribution in [3.05, 3.63) is 21.7 Å². The molecule has 0 radical (unpaired) electrons. The molecule has 0 aromatic heterocycles. The van der Waals surface area contributed by atoms with Crippen LogP contribution in [0.25, 0.3) is 0 Å². The van der Waals surface area contributed by atoms with E-state index in [1.807, 2.05) is 0 Å². The van der Waals surface area contributed by atoms with Crippen LogP contribution in [0.1, 0.15) is 30.1 Å². The van der Waals surface area contributed by atoms with Crippen LogP contribution in [0, 0.1) is 5.92 Å². The number of ether oxygens (including phenoxy) is 2. The summed E-state index contributed by atoms with van der Waals surface area (Å²) in [5, 5.41) is 20.2. The van der Waals surface area contributed by atoms with Crippen molar-refractivity contribution in [1.82, 2.24) is 0 Å². The molecule has 2 unspecified atom stereocenters. The zero-order valence-electron chi connectivity index (χ0n) is 11.7. The van der Waals surface area contributed by atoms with Crippen LogP contribution in [-0.4, -0.2) is 36.1 Å². The average molecular weight is 358 g/mol. The fourth-order valence-corrected chi connectivity index (χ4v) is 3.70. The van der Waals surface area contributed by atoms with Crippen LogP contribution in [0.5, 0.6) is 11.5 Å². The fraction of sp³-hybridized carbons (Fsp3) is 0.600. The molecule has 2 heterocycles. The minimum absolute atomic E-state index is 0.0152. The highest BCUT2D eigenvalue weighted by Crippen LogP contribution is 2.45. The van der Waals surface area contributed by atoms with Crippen molar-refractivity contribution in [3.63, 3.8) is 0 Å². The zero-order valence-corrected chi connectivity index (χ0v) is 13.3. The summed E-state index contributed by atoms with van der Waals surface area (Å²) in [6.07, 6.45) is 2.29. The molecule has 3 rings (SSSR count). The van der Waals surface area contributed by atoms with Gasteiger partial charge in [-0.15, -0.1) is 0 Å². The molecule has 5 nitrogen and oxygen atoms in total. The summed E-state index contributed by atoms with van der Waals surface area (Å²) < 4.78 is 12.0. The average Bonchev–Trinajstić information content (AvgIpc) is 2.53. The van der Waals surface area contributed by atoms with Gasteiger partial charge in [-0.3, -0.25) is 0 Å². The second-order valence-corrected chi connectivity index (χ2v) is 6.53. The quantitative estimate of drug-likeness (QED) is 0.706. The number of benzene rings is 1. The Kier molecular flexibility index (Phi) is 4.40. The third kappa shape index (κ3) is 2.77. The molecule has 1 aromatic rings. The van der Waals surface area contributed by atoms with E-state index < -0.39 is 0 Å². The molecular weight excluding hydrogens is 338 g/mol.